The Hall–Kier alpha value is -3.23. The highest BCUT2D eigenvalue weighted by Crippen LogP contribution is 2.23. The number of rotatable bonds is 6. The van der Waals surface area contributed by atoms with Crippen LogP contribution in [0.4, 0.5) is 5.95 Å². The highest BCUT2D eigenvalue weighted by atomic mass is 35.5. The van der Waals surface area contributed by atoms with Gasteiger partial charge in [-0.25, -0.2) is 0 Å². The first-order chi connectivity index (χ1) is 14.4. The van der Waals surface area contributed by atoms with Crippen LogP contribution < -0.4 is 5.32 Å². The molecule has 0 aliphatic rings. The zero-order valence-electron chi connectivity index (χ0n) is 16.0. The van der Waals surface area contributed by atoms with Crippen LogP contribution in [0.2, 0.25) is 5.02 Å². The first-order valence-electron chi connectivity index (χ1n) is 9.11. The summed E-state index contributed by atoms with van der Waals surface area (Å²) in [7, 11) is -3.95. The third-order valence-electron chi connectivity index (χ3n) is 4.41. The summed E-state index contributed by atoms with van der Waals surface area (Å²) in [6.07, 6.45) is 3.21. The van der Waals surface area contributed by atoms with Gasteiger partial charge in [-0.05, 0) is 48.9 Å². The fraction of sp³-hybridized carbons (Fsp3) is 0.0952. The number of anilines is 1. The molecule has 2 heterocycles. The number of benzene rings is 2. The molecule has 0 fully saturated rings. The van der Waals surface area contributed by atoms with Gasteiger partial charge < -0.3 is 5.32 Å². The summed E-state index contributed by atoms with van der Waals surface area (Å²) in [6, 6.07) is 17.4. The Morgan fingerprint density at radius 2 is 1.77 bits per heavy atom. The second kappa shape index (κ2) is 8.25. The summed E-state index contributed by atoms with van der Waals surface area (Å²) in [6.45, 7) is 2.25. The zero-order chi connectivity index (χ0) is 21.1. The zero-order valence-corrected chi connectivity index (χ0v) is 17.6. The molecular weight excluding hydrogens is 422 g/mol. The molecule has 0 aliphatic carbocycles. The van der Waals surface area contributed by atoms with Crippen LogP contribution in [0.15, 0.2) is 78.0 Å². The minimum atomic E-state index is -3.95. The van der Waals surface area contributed by atoms with E-state index in [0.29, 0.717) is 17.1 Å². The van der Waals surface area contributed by atoms with Crippen LogP contribution in [0.1, 0.15) is 11.1 Å². The van der Waals surface area contributed by atoms with E-state index in [1.165, 1.54) is 0 Å². The van der Waals surface area contributed by atoms with Crippen LogP contribution in [-0.4, -0.2) is 27.6 Å². The Balaban J connectivity index is 1.74. The van der Waals surface area contributed by atoms with Gasteiger partial charge in [-0.3, -0.25) is 4.98 Å². The van der Waals surface area contributed by atoms with Gasteiger partial charge in [0.1, 0.15) is 0 Å². The van der Waals surface area contributed by atoms with Crippen molar-refractivity contribution in [3.05, 3.63) is 89.2 Å². The maximum atomic E-state index is 13.3. The molecule has 2 aromatic carbocycles. The lowest BCUT2D eigenvalue weighted by molar-refractivity contribution is 0.580. The van der Waals surface area contributed by atoms with Crippen LogP contribution >= 0.6 is 11.6 Å². The SMILES string of the molecule is Cc1ccc(S(=O)(=O)n2nc(-c3cccnc3)nc2NCc2ccc(Cl)cc2)cc1. The maximum absolute atomic E-state index is 13.3. The molecule has 0 bridgehead atoms. The lowest BCUT2D eigenvalue weighted by Crippen LogP contribution is -2.18. The fourth-order valence-corrected chi connectivity index (χ4v) is 4.11. The van der Waals surface area contributed by atoms with E-state index < -0.39 is 10.0 Å². The lowest BCUT2D eigenvalue weighted by atomic mass is 10.2. The van der Waals surface area contributed by atoms with E-state index in [9.17, 15) is 8.42 Å². The molecule has 0 amide bonds. The number of hydrogen-bond acceptors (Lipinski definition) is 6. The highest BCUT2D eigenvalue weighted by molar-refractivity contribution is 7.90. The highest BCUT2D eigenvalue weighted by Gasteiger charge is 2.24. The number of pyridine rings is 1. The summed E-state index contributed by atoms with van der Waals surface area (Å²) in [5.41, 5.74) is 2.50. The molecule has 2 aromatic heterocycles. The fourth-order valence-electron chi connectivity index (χ4n) is 2.78. The molecule has 9 heteroatoms. The molecule has 152 valence electrons. The standard InChI is InChI=1S/C21H18ClN5O2S/c1-15-4-10-19(11-5-15)30(28,29)27-21(24-13-16-6-8-18(22)9-7-16)25-20(26-27)17-3-2-12-23-14-17/h2-12,14H,13H2,1H3,(H,24,25,26). The molecule has 4 aromatic rings. The van der Waals surface area contributed by atoms with Gasteiger partial charge in [0.25, 0.3) is 10.0 Å². The van der Waals surface area contributed by atoms with Gasteiger partial charge >= 0.3 is 0 Å². The van der Waals surface area contributed by atoms with Crippen LogP contribution in [0.3, 0.4) is 0 Å². The van der Waals surface area contributed by atoms with Crippen molar-refractivity contribution in [1.29, 1.82) is 0 Å². The quantitative estimate of drug-likeness (QED) is 0.485. The third kappa shape index (κ3) is 4.19. The average Bonchev–Trinajstić information content (AvgIpc) is 3.20. The predicted octanol–water partition coefficient (Wildman–Crippen LogP) is 4.15. The first-order valence-corrected chi connectivity index (χ1v) is 10.9. The predicted molar refractivity (Wildman–Crippen MR) is 116 cm³/mol. The summed E-state index contributed by atoms with van der Waals surface area (Å²) in [4.78, 5) is 8.61. The molecule has 0 spiro atoms. The van der Waals surface area contributed by atoms with Crippen molar-refractivity contribution >= 4 is 27.6 Å². The lowest BCUT2D eigenvalue weighted by Gasteiger charge is -2.09. The largest absolute Gasteiger partial charge is 0.349 e. The summed E-state index contributed by atoms with van der Waals surface area (Å²) < 4.78 is 27.4. The molecule has 0 saturated carbocycles. The van der Waals surface area contributed by atoms with Gasteiger partial charge in [0.15, 0.2) is 5.82 Å². The molecule has 0 saturated heterocycles. The smallest absolute Gasteiger partial charge is 0.286 e. The van der Waals surface area contributed by atoms with Crippen molar-refractivity contribution in [1.82, 2.24) is 19.2 Å². The van der Waals surface area contributed by atoms with E-state index >= 15 is 0 Å². The van der Waals surface area contributed by atoms with E-state index in [1.807, 2.05) is 19.1 Å². The van der Waals surface area contributed by atoms with E-state index in [2.05, 4.69) is 20.4 Å². The topological polar surface area (TPSA) is 89.8 Å². The number of halogens is 1. The normalized spacial score (nSPS) is 11.4. The Morgan fingerprint density at radius 1 is 1.03 bits per heavy atom. The average molecular weight is 440 g/mol. The van der Waals surface area contributed by atoms with Crippen LogP contribution in [0, 0.1) is 6.92 Å². The van der Waals surface area contributed by atoms with Crippen LogP contribution in [-0.2, 0) is 16.6 Å². The van der Waals surface area contributed by atoms with Crippen molar-refractivity contribution in [3.8, 4) is 11.4 Å². The van der Waals surface area contributed by atoms with Crippen molar-refractivity contribution in [2.75, 3.05) is 5.32 Å². The monoisotopic (exact) mass is 439 g/mol. The number of hydrogen-bond donors (Lipinski definition) is 1. The molecule has 0 radical (unpaired) electrons. The second-order valence-electron chi connectivity index (χ2n) is 6.64. The Labute approximate surface area is 179 Å². The number of aryl methyl sites for hydroxylation is 1. The molecule has 0 atom stereocenters. The molecule has 0 unspecified atom stereocenters. The molecule has 0 aliphatic heterocycles. The minimum Gasteiger partial charge on any atom is -0.349 e. The van der Waals surface area contributed by atoms with Gasteiger partial charge in [0, 0.05) is 29.5 Å². The van der Waals surface area contributed by atoms with Gasteiger partial charge in [-0.15, -0.1) is 9.19 Å². The first kappa shape index (κ1) is 20.1. The molecule has 4 rings (SSSR count). The van der Waals surface area contributed by atoms with Crippen LogP contribution in [0.25, 0.3) is 11.4 Å². The number of nitrogens with zero attached hydrogens (tertiary/aromatic N) is 4. The van der Waals surface area contributed by atoms with Crippen LogP contribution in [0.5, 0.6) is 0 Å². The summed E-state index contributed by atoms with van der Waals surface area (Å²) in [5, 5.41) is 7.97. The van der Waals surface area contributed by atoms with Gasteiger partial charge in [-0.2, -0.15) is 13.4 Å². The molecule has 1 N–H and O–H groups in total. The maximum Gasteiger partial charge on any atom is 0.286 e. The molecule has 30 heavy (non-hydrogen) atoms. The van der Waals surface area contributed by atoms with Crippen molar-refractivity contribution < 1.29 is 8.42 Å². The van der Waals surface area contributed by atoms with Crippen molar-refractivity contribution in [2.45, 2.75) is 18.4 Å². The summed E-state index contributed by atoms with van der Waals surface area (Å²) in [5.74, 6) is 0.377. The Morgan fingerprint density at radius 3 is 2.43 bits per heavy atom. The summed E-state index contributed by atoms with van der Waals surface area (Å²) >= 11 is 5.93. The Bertz CT molecular complexity index is 1260. The van der Waals surface area contributed by atoms with Crippen molar-refractivity contribution in [3.63, 3.8) is 0 Å². The van der Waals surface area contributed by atoms with Gasteiger partial charge in [-0.1, -0.05) is 41.4 Å². The van der Waals surface area contributed by atoms with E-state index in [4.69, 9.17) is 11.6 Å². The minimum absolute atomic E-state index is 0.115. The molecule has 7 nitrogen and oxygen atoms in total. The molecular formula is C21H18ClN5O2S. The van der Waals surface area contributed by atoms with E-state index in [1.54, 1.807) is 60.9 Å². The number of nitrogens with one attached hydrogen (secondary N) is 1. The van der Waals surface area contributed by atoms with E-state index in [0.717, 1.165) is 15.2 Å². The van der Waals surface area contributed by atoms with E-state index in [-0.39, 0.29) is 16.7 Å². The van der Waals surface area contributed by atoms with Crippen molar-refractivity contribution in [2.24, 2.45) is 0 Å². The second-order valence-corrected chi connectivity index (χ2v) is 8.85. The Kier molecular flexibility index (Phi) is 5.52. The number of aromatic nitrogens is 4. The third-order valence-corrected chi connectivity index (χ3v) is 6.24. The van der Waals surface area contributed by atoms with Gasteiger partial charge in [0.05, 0.1) is 4.90 Å². The van der Waals surface area contributed by atoms with Gasteiger partial charge in [0.2, 0.25) is 5.95 Å².